The minimum atomic E-state index is 0.0952. The van der Waals surface area contributed by atoms with Crippen LogP contribution in [0.15, 0.2) is 0 Å². The standard InChI is InChI=1S/C11H22N4O2/c1-9-10(8-12)11(14(2)13-9)15(4-6-16)5-7-17-3/h16H,4-8,12H2,1-3H3. The Hall–Kier alpha value is -1.11. The summed E-state index contributed by atoms with van der Waals surface area (Å²) in [7, 11) is 3.55. The maximum atomic E-state index is 9.12. The van der Waals surface area contributed by atoms with Gasteiger partial charge in [0.1, 0.15) is 5.82 Å². The summed E-state index contributed by atoms with van der Waals surface area (Å²) in [6, 6.07) is 0. The van der Waals surface area contributed by atoms with E-state index in [1.54, 1.807) is 7.11 Å². The Balaban J connectivity index is 2.99. The zero-order valence-corrected chi connectivity index (χ0v) is 10.8. The normalized spacial score (nSPS) is 10.9. The fraction of sp³-hybridized carbons (Fsp3) is 0.727. The van der Waals surface area contributed by atoms with Gasteiger partial charge in [-0.2, -0.15) is 5.10 Å². The first-order valence-electron chi connectivity index (χ1n) is 5.73. The van der Waals surface area contributed by atoms with E-state index in [1.165, 1.54) is 0 Å². The van der Waals surface area contributed by atoms with Crippen LogP contribution in [0.1, 0.15) is 11.3 Å². The third-order valence-electron chi connectivity index (χ3n) is 2.75. The van der Waals surface area contributed by atoms with Gasteiger partial charge in [0.05, 0.1) is 18.9 Å². The van der Waals surface area contributed by atoms with Crippen LogP contribution < -0.4 is 10.6 Å². The molecular weight excluding hydrogens is 220 g/mol. The van der Waals surface area contributed by atoms with E-state index in [0.29, 0.717) is 26.2 Å². The lowest BCUT2D eigenvalue weighted by Crippen LogP contribution is -2.32. The molecule has 17 heavy (non-hydrogen) atoms. The number of rotatable bonds is 7. The van der Waals surface area contributed by atoms with E-state index in [0.717, 1.165) is 17.1 Å². The molecule has 0 saturated carbocycles. The Kier molecular flexibility index (Phi) is 5.40. The molecule has 0 unspecified atom stereocenters. The van der Waals surface area contributed by atoms with Crippen LogP contribution in [0.5, 0.6) is 0 Å². The molecule has 0 aliphatic rings. The van der Waals surface area contributed by atoms with E-state index in [9.17, 15) is 0 Å². The van der Waals surface area contributed by atoms with Crippen molar-refractivity contribution < 1.29 is 9.84 Å². The monoisotopic (exact) mass is 242 g/mol. The van der Waals surface area contributed by atoms with E-state index >= 15 is 0 Å². The van der Waals surface area contributed by atoms with Crippen molar-refractivity contribution in [2.45, 2.75) is 13.5 Å². The van der Waals surface area contributed by atoms with E-state index in [-0.39, 0.29) is 6.61 Å². The van der Waals surface area contributed by atoms with Gasteiger partial charge in [0.2, 0.25) is 0 Å². The number of nitrogens with zero attached hydrogens (tertiary/aromatic N) is 3. The molecule has 3 N–H and O–H groups in total. The van der Waals surface area contributed by atoms with Crippen molar-refractivity contribution in [3.05, 3.63) is 11.3 Å². The highest BCUT2D eigenvalue weighted by molar-refractivity contribution is 5.50. The molecule has 0 spiro atoms. The van der Waals surface area contributed by atoms with Crippen molar-refractivity contribution in [2.24, 2.45) is 12.8 Å². The molecule has 0 bridgehead atoms. The topological polar surface area (TPSA) is 76.5 Å². The van der Waals surface area contributed by atoms with Crippen LogP contribution in [0.3, 0.4) is 0 Å². The molecule has 0 fully saturated rings. The Bertz CT molecular complexity index is 351. The lowest BCUT2D eigenvalue weighted by molar-refractivity contribution is 0.202. The number of aryl methyl sites for hydroxylation is 2. The molecule has 98 valence electrons. The molecule has 0 aromatic carbocycles. The van der Waals surface area contributed by atoms with Crippen LogP contribution in [0.25, 0.3) is 0 Å². The van der Waals surface area contributed by atoms with Gasteiger partial charge in [-0.25, -0.2) is 0 Å². The lowest BCUT2D eigenvalue weighted by atomic mass is 10.2. The number of nitrogens with two attached hydrogens (primary N) is 1. The lowest BCUT2D eigenvalue weighted by Gasteiger charge is -2.24. The minimum absolute atomic E-state index is 0.0952. The molecule has 0 aliphatic heterocycles. The van der Waals surface area contributed by atoms with Gasteiger partial charge in [-0.05, 0) is 6.92 Å². The highest BCUT2D eigenvalue weighted by Gasteiger charge is 2.17. The van der Waals surface area contributed by atoms with E-state index in [1.807, 2.05) is 23.6 Å². The van der Waals surface area contributed by atoms with Crippen LogP contribution in [-0.4, -0.2) is 48.3 Å². The molecule has 1 aromatic heterocycles. The number of aliphatic hydroxyl groups is 1. The van der Waals surface area contributed by atoms with Gasteiger partial charge in [-0.3, -0.25) is 4.68 Å². The van der Waals surface area contributed by atoms with Crippen LogP contribution in [0, 0.1) is 6.92 Å². The van der Waals surface area contributed by atoms with Crippen LogP contribution in [0.2, 0.25) is 0 Å². The third kappa shape index (κ3) is 3.18. The van der Waals surface area contributed by atoms with Gasteiger partial charge in [0.15, 0.2) is 0 Å². The average molecular weight is 242 g/mol. The van der Waals surface area contributed by atoms with Crippen molar-refractivity contribution in [1.82, 2.24) is 9.78 Å². The van der Waals surface area contributed by atoms with Crippen molar-refractivity contribution in [1.29, 1.82) is 0 Å². The smallest absolute Gasteiger partial charge is 0.131 e. The van der Waals surface area contributed by atoms with Gasteiger partial charge in [-0.1, -0.05) is 0 Å². The maximum Gasteiger partial charge on any atom is 0.131 e. The molecule has 0 atom stereocenters. The van der Waals surface area contributed by atoms with Gasteiger partial charge in [0, 0.05) is 39.4 Å². The summed E-state index contributed by atoms with van der Waals surface area (Å²) in [5, 5.41) is 13.5. The average Bonchev–Trinajstić information content (AvgIpc) is 2.59. The second-order valence-electron chi connectivity index (χ2n) is 3.92. The number of aliphatic hydroxyl groups excluding tert-OH is 1. The first-order valence-corrected chi connectivity index (χ1v) is 5.73. The Labute approximate surface area is 102 Å². The number of ether oxygens (including phenoxy) is 1. The molecule has 0 aliphatic carbocycles. The van der Waals surface area contributed by atoms with Gasteiger partial charge in [-0.15, -0.1) is 0 Å². The van der Waals surface area contributed by atoms with Crippen molar-refractivity contribution in [3.8, 4) is 0 Å². The molecule has 1 heterocycles. The molecule has 1 aromatic rings. The Morgan fingerprint density at radius 2 is 2.18 bits per heavy atom. The fourth-order valence-electron chi connectivity index (χ4n) is 1.97. The summed E-state index contributed by atoms with van der Waals surface area (Å²) in [6.07, 6.45) is 0. The van der Waals surface area contributed by atoms with Crippen molar-refractivity contribution in [3.63, 3.8) is 0 Å². The SMILES string of the molecule is COCCN(CCO)c1c(CN)c(C)nn1C. The number of methoxy groups -OCH3 is 1. The molecule has 6 nitrogen and oxygen atoms in total. The first-order chi connectivity index (χ1) is 8.15. The summed E-state index contributed by atoms with van der Waals surface area (Å²) in [5.74, 6) is 0.969. The molecule has 0 amide bonds. The summed E-state index contributed by atoms with van der Waals surface area (Å²) in [6.45, 7) is 4.35. The van der Waals surface area contributed by atoms with E-state index in [4.69, 9.17) is 15.6 Å². The quantitative estimate of drug-likeness (QED) is 0.682. The maximum absolute atomic E-state index is 9.12. The number of anilines is 1. The second-order valence-corrected chi connectivity index (χ2v) is 3.92. The van der Waals surface area contributed by atoms with Crippen molar-refractivity contribution in [2.75, 3.05) is 38.3 Å². The fourth-order valence-corrected chi connectivity index (χ4v) is 1.97. The second kappa shape index (κ2) is 6.58. The molecule has 0 radical (unpaired) electrons. The van der Waals surface area contributed by atoms with E-state index in [2.05, 4.69) is 5.10 Å². The molecule has 6 heteroatoms. The summed E-state index contributed by atoms with van der Waals surface area (Å²) < 4.78 is 6.88. The van der Waals surface area contributed by atoms with Crippen molar-refractivity contribution >= 4 is 5.82 Å². The predicted molar refractivity (Wildman–Crippen MR) is 67.0 cm³/mol. The largest absolute Gasteiger partial charge is 0.395 e. The highest BCUT2D eigenvalue weighted by Crippen LogP contribution is 2.22. The predicted octanol–water partition coefficient (Wildman–Crippen LogP) is -0.368. The summed E-state index contributed by atoms with van der Waals surface area (Å²) >= 11 is 0. The number of hydrogen-bond acceptors (Lipinski definition) is 5. The molecule has 1 rings (SSSR count). The minimum Gasteiger partial charge on any atom is -0.395 e. The zero-order chi connectivity index (χ0) is 12.8. The third-order valence-corrected chi connectivity index (χ3v) is 2.75. The number of aromatic nitrogens is 2. The number of hydrogen-bond donors (Lipinski definition) is 2. The van der Waals surface area contributed by atoms with Crippen LogP contribution in [0.4, 0.5) is 5.82 Å². The zero-order valence-electron chi connectivity index (χ0n) is 10.8. The Morgan fingerprint density at radius 3 is 2.71 bits per heavy atom. The van der Waals surface area contributed by atoms with Gasteiger partial charge >= 0.3 is 0 Å². The summed E-state index contributed by atoms with van der Waals surface area (Å²) in [5.41, 5.74) is 7.71. The molecule has 0 saturated heterocycles. The summed E-state index contributed by atoms with van der Waals surface area (Å²) in [4.78, 5) is 2.05. The van der Waals surface area contributed by atoms with Gasteiger partial charge < -0.3 is 20.5 Å². The Morgan fingerprint density at radius 1 is 1.47 bits per heavy atom. The van der Waals surface area contributed by atoms with E-state index < -0.39 is 0 Å². The highest BCUT2D eigenvalue weighted by atomic mass is 16.5. The molecular formula is C11H22N4O2. The first kappa shape index (κ1) is 14.0. The van der Waals surface area contributed by atoms with Gasteiger partial charge in [0.25, 0.3) is 0 Å². The van der Waals surface area contributed by atoms with Crippen LogP contribution >= 0.6 is 0 Å². The van der Waals surface area contributed by atoms with Crippen LogP contribution in [-0.2, 0) is 18.3 Å².